The SMILES string of the molecule is CC1C[C@H](O)CCN1C(=O)OCc1ccccc1. The molecule has 4 heteroatoms. The van der Waals surface area contributed by atoms with Crippen LogP contribution in [0.3, 0.4) is 0 Å². The molecule has 1 unspecified atom stereocenters. The number of carbonyl (C=O) groups excluding carboxylic acids is 1. The zero-order valence-corrected chi connectivity index (χ0v) is 10.6. The van der Waals surface area contributed by atoms with Gasteiger partial charge in [-0.25, -0.2) is 4.79 Å². The zero-order chi connectivity index (χ0) is 13.0. The molecule has 1 N–H and O–H groups in total. The van der Waals surface area contributed by atoms with Gasteiger partial charge in [0.25, 0.3) is 0 Å². The van der Waals surface area contributed by atoms with E-state index in [1.807, 2.05) is 37.3 Å². The van der Waals surface area contributed by atoms with E-state index >= 15 is 0 Å². The number of benzene rings is 1. The fourth-order valence-electron chi connectivity index (χ4n) is 2.22. The Hall–Kier alpha value is -1.55. The first-order chi connectivity index (χ1) is 8.66. The number of aliphatic hydroxyl groups excluding tert-OH is 1. The molecule has 0 bridgehead atoms. The van der Waals surface area contributed by atoms with Crippen molar-refractivity contribution in [1.29, 1.82) is 0 Å². The minimum absolute atomic E-state index is 0.0389. The number of rotatable bonds is 2. The van der Waals surface area contributed by atoms with Gasteiger partial charge in [0.2, 0.25) is 0 Å². The van der Waals surface area contributed by atoms with Gasteiger partial charge in [-0.2, -0.15) is 0 Å². The highest BCUT2D eigenvalue weighted by molar-refractivity contribution is 5.68. The van der Waals surface area contributed by atoms with Gasteiger partial charge in [-0.05, 0) is 25.3 Å². The highest BCUT2D eigenvalue weighted by atomic mass is 16.6. The van der Waals surface area contributed by atoms with Crippen molar-refractivity contribution in [1.82, 2.24) is 4.90 Å². The average Bonchev–Trinajstić information content (AvgIpc) is 2.37. The fourth-order valence-corrected chi connectivity index (χ4v) is 2.22. The summed E-state index contributed by atoms with van der Waals surface area (Å²) in [4.78, 5) is 13.6. The Balaban J connectivity index is 1.85. The lowest BCUT2D eigenvalue weighted by Gasteiger charge is -2.34. The van der Waals surface area contributed by atoms with E-state index < -0.39 is 0 Å². The molecule has 2 atom stereocenters. The second kappa shape index (κ2) is 5.87. The van der Waals surface area contributed by atoms with Gasteiger partial charge in [-0.1, -0.05) is 30.3 Å². The first-order valence-electron chi connectivity index (χ1n) is 6.32. The largest absolute Gasteiger partial charge is 0.445 e. The fraction of sp³-hybridized carbons (Fsp3) is 0.500. The standard InChI is InChI=1S/C14H19NO3/c1-11-9-13(16)7-8-15(11)14(17)18-10-12-5-3-2-4-6-12/h2-6,11,13,16H,7-10H2,1H3/t11?,13-/m1/s1. The second-order valence-electron chi connectivity index (χ2n) is 4.76. The van der Waals surface area contributed by atoms with E-state index in [4.69, 9.17) is 4.74 Å². The molecule has 4 nitrogen and oxygen atoms in total. The summed E-state index contributed by atoms with van der Waals surface area (Å²) in [6.07, 6.45) is 0.669. The predicted octanol–water partition coefficient (Wildman–Crippen LogP) is 2.17. The predicted molar refractivity (Wildman–Crippen MR) is 68.0 cm³/mol. The minimum atomic E-state index is -0.293. The number of aliphatic hydroxyl groups is 1. The van der Waals surface area contributed by atoms with Gasteiger partial charge in [0.1, 0.15) is 6.61 Å². The topological polar surface area (TPSA) is 49.8 Å². The molecular weight excluding hydrogens is 230 g/mol. The van der Waals surface area contributed by atoms with Crippen LogP contribution in [0, 0.1) is 0 Å². The smallest absolute Gasteiger partial charge is 0.410 e. The maximum Gasteiger partial charge on any atom is 0.410 e. The van der Waals surface area contributed by atoms with Gasteiger partial charge in [-0.15, -0.1) is 0 Å². The lowest BCUT2D eigenvalue weighted by atomic mass is 10.0. The van der Waals surface area contributed by atoms with Crippen LogP contribution in [0.15, 0.2) is 30.3 Å². The summed E-state index contributed by atoms with van der Waals surface area (Å²) in [5, 5.41) is 9.51. The summed E-state index contributed by atoms with van der Waals surface area (Å²) in [7, 11) is 0. The molecule has 18 heavy (non-hydrogen) atoms. The number of amides is 1. The summed E-state index contributed by atoms with van der Waals surface area (Å²) >= 11 is 0. The van der Waals surface area contributed by atoms with Crippen molar-refractivity contribution in [3.63, 3.8) is 0 Å². The number of likely N-dealkylation sites (tertiary alicyclic amines) is 1. The van der Waals surface area contributed by atoms with E-state index in [1.165, 1.54) is 0 Å². The highest BCUT2D eigenvalue weighted by Crippen LogP contribution is 2.18. The molecule has 1 aliphatic rings. The Morgan fingerprint density at radius 1 is 1.44 bits per heavy atom. The van der Waals surface area contributed by atoms with Crippen LogP contribution in [0.2, 0.25) is 0 Å². The first-order valence-corrected chi connectivity index (χ1v) is 6.32. The van der Waals surface area contributed by atoms with Gasteiger partial charge >= 0.3 is 6.09 Å². The Morgan fingerprint density at radius 3 is 2.83 bits per heavy atom. The van der Waals surface area contributed by atoms with Crippen LogP contribution >= 0.6 is 0 Å². The monoisotopic (exact) mass is 249 g/mol. The highest BCUT2D eigenvalue weighted by Gasteiger charge is 2.28. The first kappa shape index (κ1) is 12.9. The number of carbonyl (C=O) groups is 1. The zero-order valence-electron chi connectivity index (χ0n) is 10.6. The third-order valence-corrected chi connectivity index (χ3v) is 3.29. The molecule has 1 aromatic rings. The number of hydrogen-bond acceptors (Lipinski definition) is 3. The molecule has 1 heterocycles. The maximum atomic E-state index is 11.9. The molecule has 1 amide bonds. The quantitative estimate of drug-likeness (QED) is 0.874. The summed E-state index contributed by atoms with van der Waals surface area (Å²) < 4.78 is 5.28. The third-order valence-electron chi connectivity index (χ3n) is 3.29. The minimum Gasteiger partial charge on any atom is -0.445 e. The van der Waals surface area contributed by atoms with Gasteiger partial charge in [0.15, 0.2) is 0 Å². The summed E-state index contributed by atoms with van der Waals surface area (Å²) in [6.45, 7) is 2.80. The Kier molecular flexibility index (Phi) is 4.20. The molecule has 0 spiro atoms. The van der Waals surface area contributed by atoms with Crippen LogP contribution in [-0.2, 0) is 11.3 Å². The average molecular weight is 249 g/mol. The molecular formula is C14H19NO3. The lowest BCUT2D eigenvalue weighted by molar-refractivity contribution is 0.0316. The van der Waals surface area contributed by atoms with Gasteiger partial charge in [0, 0.05) is 12.6 Å². The summed E-state index contributed by atoms with van der Waals surface area (Å²) in [5.74, 6) is 0. The Bertz CT molecular complexity index is 393. The van der Waals surface area contributed by atoms with Crippen molar-refractivity contribution in [2.45, 2.75) is 38.5 Å². The molecule has 0 aliphatic carbocycles. The molecule has 1 saturated heterocycles. The number of nitrogens with zero attached hydrogens (tertiary/aromatic N) is 1. The van der Waals surface area contributed by atoms with Gasteiger partial charge < -0.3 is 14.7 Å². The molecule has 0 saturated carbocycles. The van der Waals surface area contributed by atoms with E-state index in [1.54, 1.807) is 4.90 Å². The molecule has 98 valence electrons. The molecule has 0 aromatic heterocycles. The van der Waals surface area contributed by atoms with Crippen molar-refractivity contribution in [2.75, 3.05) is 6.54 Å². The van der Waals surface area contributed by atoms with Crippen molar-refractivity contribution in [2.24, 2.45) is 0 Å². The van der Waals surface area contributed by atoms with Crippen molar-refractivity contribution >= 4 is 6.09 Å². The van der Waals surface area contributed by atoms with Gasteiger partial charge in [0.05, 0.1) is 6.10 Å². The van der Waals surface area contributed by atoms with Crippen molar-refractivity contribution in [3.8, 4) is 0 Å². The van der Waals surface area contributed by atoms with Crippen LogP contribution in [0.4, 0.5) is 4.79 Å². The van der Waals surface area contributed by atoms with Crippen LogP contribution in [0.5, 0.6) is 0 Å². The number of hydrogen-bond donors (Lipinski definition) is 1. The number of ether oxygens (including phenoxy) is 1. The molecule has 0 radical (unpaired) electrons. The molecule has 1 fully saturated rings. The van der Waals surface area contributed by atoms with E-state index in [0.29, 0.717) is 26.0 Å². The van der Waals surface area contributed by atoms with Crippen LogP contribution in [0.1, 0.15) is 25.3 Å². The lowest BCUT2D eigenvalue weighted by Crippen LogP contribution is -2.46. The van der Waals surface area contributed by atoms with E-state index in [9.17, 15) is 9.90 Å². The van der Waals surface area contributed by atoms with Gasteiger partial charge in [-0.3, -0.25) is 0 Å². The summed E-state index contributed by atoms with van der Waals surface area (Å²) in [6, 6.07) is 9.66. The number of piperidine rings is 1. The van der Waals surface area contributed by atoms with E-state index in [0.717, 1.165) is 5.56 Å². The Morgan fingerprint density at radius 2 is 2.17 bits per heavy atom. The van der Waals surface area contributed by atoms with E-state index in [2.05, 4.69) is 0 Å². The third kappa shape index (κ3) is 3.23. The molecule has 2 rings (SSSR count). The molecule has 1 aromatic carbocycles. The van der Waals surface area contributed by atoms with Crippen molar-refractivity contribution < 1.29 is 14.6 Å². The maximum absolute atomic E-state index is 11.9. The molecule has 1 aliphatic heterocycles. The van der Waals surface area contributed by atoms with Crippen LogP contribution in [0.25, 0.3) is 0 Å². The normalized spacial score (nSPS) is 23.8. The Labute approximate surface area is 107 Å². The second-order valence-corrected chi connectivity index (χ2v) is 4.76. The summed E-state index contributed by atoms with van der Waals surface area (Å²) in [5.41, 5.74) is 0.982. The van der Waals surface area contributed by atoms with Crippen LogP contribution < -0.4 is 0 Å². The van der Waals surface area contributed by atoms with Crippen molar-refractivity contribution in [3.05, 3.63) is 35.9 Å². The van der Waals surface area contributed by atoms with E-state index in [-0.39, 0.29) is 18.2 Å². The van der Waals surface area contributed by atoms with Crippen LogP contribution in [-0.4, -0.2) is 34.8 Å².